The molecule has 1 atom stereocenters. The molecule has 23 heavy (non-hydrogen) atoms. The maximum absolute atomic E-state index is 12.0. The molecule has 0 spiro atoms. The zero-order valence-electron chi connectivity index (χ0n) is 12.6. The molecule has 2 N–H and O–H groups in total. The molecule has 1 aromatic carbocycles. The first-order valence-electron chi connectivity index (χ1n) is 7.49. The van der Waals surface area contributed by atoms with Crippen LogP contribution in [0.2, 0.25) is 0 Å². The van der Waals surface area contributed by atoms with Crippen molar-refractivity contribution in [1.82, 2.24) is 10.6 Å². The second-order valence-electron chi connectivity index (χ2n) is 5.45. The van der Waals surface area contributed by atoms with Crippen LogP contribution >= 0.6 is 11.3 Å². The highest BCUT2D eigenvalue weighted by Crippen LogP contribution is 2.18. The van der Waals surface area contributed by atoms with E-state index in [1.54, 1.807) is 11.3 Å². The minimum Gasteiger partial charge on any atom is -0.489 e. The Labute approximate surface area is 138 Å². The number of nitrogens with one attached hydrogen (secondary N) is 2. The summed E-state index contributed by atoms with van der Waals surface area (Å²) in [7, 11) is 0. The molecular weight excluding hydrogens is 312 g/mol. The summed E-state index contributed by atoms with van der Waals surface area (Å²) in [5.41, 5.74) is 1.08. The van der Waals surface area contributed by atoms with E-state index >= 15 is 0 Å². The highest BCUT2D eigenvalue weighted by atomic mass is 32.1. The van der Waals surface area contributed by atoms with Gasteiger partial charge in [0.25, 0.3) is 0 Å². The van der Waals surface area contributed by atoms with Gasteiger partial charge in [0.2, 0.25) is 11.8 Å². The number of rotatable bonds is 6. The molecule has 2 heterocycles. The van der Waals surface area contributed by atoms with Crippen molar-refractivity contribution in [3.05, 3.63) is 52.2 Å². The summed E-state index contributed by atoms with van der Waals surface area (Å²) >= 11 is 1.59. The predicted octanol–water partition coefficient (Wildman–Crippen LogP) is 2.08. The fourth-order valence-corrected chi connectivity index (χ4v) is 3.20. The molecule has 1 fully saturated rings. The standard InChI is InChI=1S/C17H18N2O3S/c20-16-7-13(8-18-16)17(21)19-9-15-6-12(11-23-15)10-22-14-4-2-1-3-5-14/h1-6,11,13H,7-10H2,(H,18,20)(H,19,21). The summed E-state index contributed by atoms with van der Waals surface area (Å²) < 4.78 is 5.70. The summed E-state index contributed by atoms with van der Waals surface area (Å²) in [5, 5.41) is 7.59. The van der Waals surface area contributed by atoms with Gasteiger partial charge in [0.15, 0.2) is 0 Å². The van der Waals surface area contributed by atoms with Crippen LogP contribution in [0.15, 0.2) is 41.8 Å². The van der Waals surface area contributed by atoms with Crippen molar-refractivity contribution in [2.75, 3.05) is 6.54 Å². The quantitative estimate of drug-likeness (QED) is 0.852. The number of carbonyl (C=O) groups excluding carboxylic acids is 2. The van der Waals surface area contributed by atoms with E-state index < -0.39 is 0 Å². The summed E-state index contributed by atoms with van der Waals surface area (Å²) in [6, 6.07) is 11.7. The monoisotopic (exact) mass is 330 g/mol. The van der Waals surface area contributed by atoms with Crippen molar-refractivity contribution < 1.29 is 14.3 Å². The lowest BCUT2D eigenvalue weighted by molar-refractivity contribution is -0.126. The minimum atomic E-state index is -0.247. The van der Waals surface area contributed by atoms with Gasteiger partial charge in [-0.25, -0.2) is 0 Å². The Morgan fingerprint density at radius 1 is 1.35 bits per heavy atom. The smallest absolute Gasteiger partial charge is 0.225 e. The SMILES string of the molecule is O=C1CC(C(=O)NCc2cc(COc3ccccc3)cs2)CN1. The second-order valence-corrected chi connectivity index (χ2v) is 6.44. The molecule has 5 nitrogen and oxygen atoms in total. The van der Waals surface area contributed by atoms with Gasteiger partial charge in [-0.05, 0) is 23.6 Å². The van der Waals surface area contributed by atoms with Gasteiger partial charge in [0.05, 0.1) is 12.5 Å². The van der Waals surface area contributed by atoms with Crippen LogP contribution in [0.5, 0.6) is 5.75 Å². The molecule has 6 heteroatoms. The highest BCUT2D eigenvalue weighted by molar-refractivity contribution is 7.10. The Morgan fingerprint density at radius 3 is 2.91 bits per heavy atom. The second kappa shape index (κ2) is 7.28. The molecule has 2 aromatic rings. The first kappa shape index (κ1) is 15.6. The number of ether oxygens (including phenoxy) is 1. The number of hydrogen-bond acceptors (Lipinski definition) is 4. The fraction of sp³-hybridized carbons (Fsp3) is 0.294. The number of thiophene rings is 1. The molecule has 1 aliphatic rings. The third-order valence-electron chi connectivity index (χ3n) is 3.64. The van der Waals surface area contributed by atoms with Gasteiger partial charge >= 0.3 is 0 Å². The number of para-hydroxylation sites is 1. The molecular formula is C17H18N2O3S. The Balaban J connectivity index is 1.45. The van der Waals surface area contributed by atoms with Crippen LogP contribution in [-0.4, -0.2) is 18.4 Å². The largest absolute Gasteiger partial charge is 0.489 e. The van der Waals surface area contributed by atoms with Crippen molar-refractivity contribution >= 4 is 23.2 Å². The van der Waals surface area contributed by atoms with Crippen LogP contribution in [-0.2, 0) is 22.7 Å². The first-order chi connectivity index (χ1) is 11.2. The third kappa shape index (κ3) is 4.32. The number of carbonyl (C=O) groups is 2. The number of hydrogen-bond donors (Lipinski definition) is 2. The third-order valence-corrected chi connectivity index (χ3v) is 4.63. The first-order valence-corrected chi connectivity index (χ1v) is 8.37. The molecule has 120 valence electrons. The molecule has 1 saturated heterocycles. The summed E-state index contributed by atoms with van der Waals surface area (Å²) in [6.45, 7) is 1.43. The van der Waals surface area contributed by atoms with E-state index in [0.717, 1.165) is 16.2 Å². The molecule has 2 amide bonds. The van der Waals surface area contributed by atoms with Gasteiger partial charge in [-0.15, -0.1) is 11.3 Å². The molecule has 0 radical (unpaired) electrons. The van der Waals surface area contributed by atoms with Gasteiger partial charge in [-0.3, -0.25) is 9.59 Å². The Morgan fingerprint density at radius 2 is 2.17 bits per heavy atom. The van der Waals surface area contributed by atoms with E-state index in [1.165, 1.54) is 0 Å². The van der Waals surface area contributed by atoms with Crippen molar-refractivity contribution in [2.45, 2.75) is 19.6 Å². The molecule has 0 bridgehead atoms. The van der Waals surface area contributed by atoms with Gasteiger partial charge in [0.1, 0.15) is 12.4 Å². The maximum atomic E-state index is 12.0. The topological polar surface area (TPSA) is 67.4 Å². The van der Waals surface area contributed by atoms with E-state index in [9.17, 15) is 9.59 Å². The Kier molecular flexibility index (Phi) is 4.92. The molecule has 0 aliphatic carbocycles. The molecule has 3 rings (SSSR count). The lowest BCUT2D eigenvalue weighted by Crippen LogP contribution is -2.31. The lowest BCUT2D eigenvalue weighted by atomic mass is 10.1. The zero-order valence-corrected chi connectivity index (χ0v) is 13.4. The lowest BCUT2D eigenvalue weighted by Gasteiger charge is -2.07. The molecule has 1 unspecified atom stereocenters. The molecule has 1 aromatic heterocycles. The van der Waals surface area contributed by atoms with E-state index in [0.29, 0.717) is 19.7 Å². The molecule has 1 aliphatic heterocycles. The van der Waals surface area contributed by atoms with Crippen LogP contribution < -0.4 is 15.4 Å². The van der Waals surface area contributed by atoms with Crippen molar-refractivity contribution in [3.8, 4) is 5.75 Å². The highest BCUT2D eigenvalue weighted by Gasteiger charge is 2.27. The average Bonchev–Trinajstić information content (AvgIpc) is 3.21. The van der Waals surface area contributed by atoms with Gasteiger partial charge < -0.3 is 15.4 Å². The molecule has 0 saturated carbocycles. The Bertz CT molecular complexity index is 684. The van der Waals surface area contributed by atoms with Crippen molar-refractivity contribution in [1.29, 1.82) is 0 Å². The van der Waals surface area contributed by atoms with E-state index in [2.05, 4.69) is 10.6 Å². The van der Waals surface area contributed by atoms with Crippen LogP contribution in [0.25, 0.3) is 0 Å². The zero-order chi connectivity index (χ0) is 16.1. The van der Waals surface area contributed by atoms with Crippen LogP contribution in [0.4, 0.5) is 0 Å². The summed E-state index contributed by atoms with van der Waals surface area (Å²) in [6.07, 6.45) is 0.284. The van der Waals surface area contributed by atoms with Gasteiger partial charge in [0, 0.05) is 23.4 Å². The number of amides is 2. The summed E-state index contributed by atoms with van der Waals surface area (Å²) in [5.74, 6) is 0.468. The fourth-order valence-electron chi connectivity index (χ4n) is 2.39. The maximum Gasteiger partial charge on any atom is 0.225 e. The summed E-state index contributed by atoms with van der Waals surface area (Å²) in [4.78, 5) is 24.2. The van der Waals surface area contributed by atoms with Crippen LogP contribution in [0, 0.1) is 5.92 Å². The van der Waals surface area contributed by atoms with E-state index in [-0.39, 0.29) is 24.2 Å². The van der Waals surface area contributed by atoms with Crippen LogP contribution in [0.3, 0.4) is 0 Å². The normalized spacial score (nSPS) is 16.9. The van der Waals surface area contributed by atoms with E-state index in [1.807, 2.05) is 41.8 Å². The van der Waals surface area contributed by atoms with Gasteiger partial charge in [-0.2, -0.15) is 0 Å². The Hall–Kier alpha value is -2.34. The number of benzene rings is 1. The van der Waals surface area contributed by atoms with Gasteiger partial charge in [-0.1, -0.05) is 18.2 Å². The van der Waals surface area contributed by atoms with Crippen LogP contribution in [0.1, 0.15) is 16.9 Å². The van der Waals surface area contributed by atoms with Crippen molar-refractivity contribution in [2.24, 2.45) is 5.92 Å². The van der Waals surface area contributed by atoms with E-state index in [4.69, 9.17) is 4.74 Å². The van der Waals surface area contributed by atoms with Crippen molar-refractivity contribution in [3.63, 3.8) is 0 Å². The average molecular weight is 330 g/mol. The minimum absolute atomic E-state index is 0.0541. The predicted molar refractivity (Wildman–Crippen MR) is 88.1 cm³/mol.